The van der Waals surface area contributed by atoms with Gasteiger partial charge in [0, 0.05) is 13.0 Å². The molecular formula is C11H18N2O3. The largest absolute Gasteiger partial charge is 0.394 e. The fourth-order valence-electron chi connectivity index (χ4n) is 2.56. The molecule has 0 aliphatic carbocycles. The smallest absolute Gasteiger partial charge is 0.245 e. The molecule has 0 aromatic rings. The van der Waals surface area contributed by atoms with Crippen LogP contribution in [0, 0.1) is 5.92 Å². The van der Waals surface area contributed by atoms with Crippen molar-refractivity contribution in [2.24, 2.45) is 5.92 Å². The summed E-state index contributed by atoms with van der Waals surface area (Å²) in [5, 5.41) is 11.9. The van der Waals surface area contributed by atoms with Gasteiger partial charge in [0.15, 0.2) is 0 Å². The summed E-state index contributed by atoms with van der Waals surface area (Å²) in [6.45, 7) is 2.74. The van der Waals surface area contributed by atoms with Gasteiger partial charge < -0.3 is 15.3 Å². The first-order valence-electron chi connectivity index (χ1n) is 5.84. The highest BCUT2D eigenvalue weighted by molar-refractivity contribution is 5.91. The average Bonchev–Trinajstić information content (AvgIpc) is 2.83. The Morgan fingerprint density at radius 1 is 1.56 bits per heavy atom. The maximum absolute atomic E-state index is 12.1. The Bertz CT molecular complexity index is 306. The molecule has 0 saturated carbocycles. The molecule has 2 aliphatic heterocycles. The lowest BCUT2D eigenvalue weighted by atomic mass is 10.0. The fourth-order valence-corrected chi connectivity index (χ4v) is 2.56. The number of aliphatic hydroxyl groups is 1. The molecule has 2 unspecified atom stereocenters. The predicted octanol–water partition coefficient (Wildman–Crippen LogP) is -0.506. The van der Waals surface area contributed by atoms with E-state index in [4.69, 9.17) is 0 Å². The standard InChI is InChI=1S/C11H18N2O3/c1-7-4-5-13(9(7)6-14)11(16)8-2-3-10(15)12-8/h7-9,14H,2-6H2,1H3,(H,12,15)/t7?,8-,9?/m1/s1. The summed E-state index contributed by atoms with van der Waals surface area (Å²) in [7, 11) is 0. The van der Waals surface area contributed by atoms with E-state index in [0.29, 0.717) is 25.3 Å². The van der Waals surface area contributed by atoms with Gasteiger partial charge in [-0.25, -0.2) is 0 Å². The molecule has 5 nitrogen and oxygen atoms in total. The average molecular weight is 226 g/mol. The summed E-state index contributed by atoms with van der Waals surface area (Å²) in [5.74, 6) is 0.256. The number of nitrogens with one attached hydrogen (secondary N) is 1. The maximum atomic E-state index is 12.1. The molecule has 2 aliphatic rings. The van der Waals surface area contributed by atoms with Crippen molar-refractivity contribution in [1.82, 2.24) is 10.2 Å². The molecule has 0 bridgehead atoms. The molecule has 2 saturated heterocycles. The molecule has 3 atom stereocenters. The lowest BCUT2D eigenvalue weighted by Crippen LogP contribution is -2.48. The van der Waals surface area contributed by atoms with Gasteiger partial charge in [0.25, 0.3) is 0 Å². The molecule has 0 aromatic carbocycles. The van der Waals surface area contributed by atoms with Gasteiger partial charge in [0.2, 0.25) is 11.8 Å². The van der Waals surface area contributed by atoms with Crippen LogP contribution in [0.3, 0.4) is 0 Å². The van der Waals surface area contributed by atoms with Crippen molar-refractivity contribution < 1.29 is 14.7 Å². The van der Waals surface area contributed by atoms with Crippen LogP contribution in [0.4, 0.5) is 0 Å². The van der Waals surface area contributed by atoms with Crippen molar-refractivity contribution in [1.29, 1.82) is 0 Å². The Hall–Kier alpha value is -1.10. The van der Waals surface area contributed by atoms with E-state index in [1.54, 1.807) is 4.90 Å². The second-order valence-corrected chi connectivity index (χ2v) is 4.71. The second-order valence-electron chi connectivity index (χ2n) is 4.71. The summed E-state index contributed by atoms with van der Waals surface area (Å²) < 4.78 is 0. The lowest BCUT2D eigenvalue weighted by Gasteiger charge is -2.27. The Morgan fingerprint density at radius 3 is 2.88 bits per heavy atom. The van der Waals surface area contributed by atoms with Crippen LogP contribution in [0.5, 0.6) is 0 Å². The number of amides is 2. The van der Waals surface area contributed by atoms with Crippen LogP contribution in [-0.2, 0) is 9.59 Å². The maximum Gasteiger partial charge on any atom is 0.245 e. The SMILES string of the molecule is CC1CCN(C(=O)[C@H]2CCC(=O)N2)C1CO. The highest BCUT2D eigenvalue weighted by Crippen LogP contribution is 2.25. The van der Waals surface area contributed by atoms with Crippen molar-refractivity contribution in [3.05, 3.63) is 0 Å². The fraction of sp³-hybridized carbons (Fsp3) is 0.818. The Labute approximate surface area is 94.8 Å². The number of rotatable bonds is 2. The molecule has 0 aromatic heterocycles. The number of hydrogen-bond donors (Lipinski definition) is 2. The second kappa shape index (κ2) is 4.41. The van der Waals surface area contributed by atoms with E-state index in [2.05, 4.69) is 5.32 Å². The summed E-state index contributed by atoms with van der Waals surface area (Å²) in [6, 6.07) is -0.447. The summed E-state index contributed by atoms with van der Waals surface area (Å²) in [4.78, 5) is 24.9. The zero-order chi connectivity index (χ0) is 11.7. The van der Waals surface area contributed by atoms with E-state index in [9.17, 15) is 14.7 Å². The zero-order valence-electron chi connectivity index (χ0n) is 9.48. The minimum absolute atomic E-state index is 0.00751. The first-order chi connectivity index (χ1) is 7.63. The van der Waals surface area contributed by atoms with Crippen LogP contribution in [0.15, 0.2) is 0 Å². The van der Waals surface area contributed by atoms with Crippen LogP contribution in [0.25, 0.3) is 0 Å². The third-order valence-corrected chi connectivity index (χ3v) is 3.65. The number of hydrogen-bond acceptors (Lipinski definition) is 3. The van der Waals surface area contributed by atoms with Gasteiger partial charge in [-0.2, -0.15) is 0 Å². The van der Waals surface area contributed by atoms with Crippen molar-refractivity contribution >= 4 is 11.8 Å². The van der Waals surface area contributed by atoms with Gasteiger partial charge in [-0.3, -0.25) is 9.59 Å². The van der Waals surface area contributed by atoms with E-state index >= 15 is 0 Å². The van der Waals surface area contributed by atoms with E-state index in [0.717, 1.165) is 6.42 Å². The van der Waals surface area contributed by atoms with Crippen LogP contribution in [-0.4, -0.2) is 47.1 Å². The van der Waals surface area contributed by atoms with E-state index in [1.165, 1.54) is 0 Å². The zero-order valence-corrected chi connectivity index (χ0v) is 9.48. The number of carbonyl (C=O) groups is 2. The van der Waals surface area contributed by atoms with E-state index < -0.39 is 0 Å². The monoisotopic (exact) mass is 226 g/mol. The number of likely N-dealkylation sites (tertiary alicyclic amines) is 1. The highest BCUT2D eigenvalue weighted by Gasteiger charge is 2.38. The third kappa shape index (κ3) is 1.91. The molecule has 2 N–H and O–H groups in total. The molecule has 2 heterocycles. The highest BCUT2D eigenvalue weighted by atomic mass is 16.3. The Kier molecular flexibility index (Phi) is 3.14. The van der Waals surface area contributed by atoms with Crippen molar-refractivity contribution in [2.45, 2.75) is 38.3 Å². The van der Waals surface area contributed by atoms with Gasteiger partial charge in [0.05, 0.1) is 12.6 Å². The minimum atomic E-state index is -0.369. The summed E-state index contributed by atoms with van der Waals surface area (Å²) in [6.07, 6.45) is 1.95. The van der Waals surface area contributed by atoms with Gasteiger partial charge in [-0.05, 0) is 18.8 Å². The molecule has 2 fully saturated rings. The predicted molar refractivity (Wildman–Crippen MR) is 57.5 cm³/mol. The summed E-state index contributed by atoms with van der Waals surface area (Å²) in [5.41, 5.74) is 0. The van der Waals surface area contributed by atoms with Crippen LogP contribution in [0.1, 0.15) is 26.2 Å². The number of aliphatic hydroxyl groups excluding tert-OH is 1. The van der Waals surface area contributed by atoms with Crippen molar-refractivity contribution in [3.63, 3.8) is 0 Å². The molecule has 2 amide bonds. The number of carbonyl (C=O) groups excluding carboxylic acids is 2. The molecule has 5 heteroatoms. The topological polar surface area (TPSA) is 69.6 Å². The number of nitrogens with zero attached hydrogens (tertiary/aromatic N) is 1. The molecule has 90 valence electrons. The van der Waals surface area contributed by atoms with Crippen LogP contribution >= 0.6 is 0 Å². The Morgan fingerprint density at radius 2 is 2.31 bits per heavy atom. The molecule has 16 heavy (non-hydrogen) atoms. The molecule has 2 rings (SSSR count). The van der Waals surface area contributed by atoms with E-state index in [1.807, 2.05) is 6.92 Å². The first kappa shape index (κ1) is 11.4. The van der Waals surface area contributed by atoms with Gasteiger partial charge >= 0.3 is 0 Å². The van der Waals surface area contributed by atoms with Gasteiger partial charge in [-0.15, -0.1) is 0 Å². The van der Waals surface area contributed by atoms with Crippen molar-refractivity contribution in [3.8, 4) is 0 Å². The normalized spacial score (nSPS) is 34.2. The van der Waals surface area contributed by atoms with Gasteiger partial charge in [0.1, 0.15) is 6.04 Å². The molecule has 0 radical (unpaired) electrons. The molecular weight excluding hydrogens is 208 g/mol. The van der Waals surface area contributed by atoms with Crippen molar-refractivity contribution in [2.75, 3.05) is 13.2 Å². The first-order valence-corrected chi connectivity index (χ1v) is 5.84. The van der Waals surface area contributed by atoms with Crippen LogP contribution in [0.2, 0.25) is 0 Å². The van der Waals surface area contributed by atoms with Crippen LogP contribution < -0.4 is 5.32 Å². The Balaban J connectivity index is 2.01. The quantitative estimate of drug-likeness (QED) is 0.666. The van der Waals surface area contributed by atoms with E-state index in [-0.39, 0.29) is 30.5 Å². The molecule has 0 spiro atoms. The third-order valence-electron chi connectivity index (χ3n) is 3.65. The van der Waals surface area contributed by atoms with Gasteiger partial charge in [-0.1, -0.05) is 6.92 Å². The summed E-state index contributed by atoms with van der Waals surface area (Å²) >= 11 is 0. The minimum Gasteiger partial charge on any atom is -0.394 e. The lowest BCUT2D eigenvalue weighted by molar-refractivity contribution is -0.136.